The molecule has 0 unspecified atom stereocenters. The topological polar surface area (TPSA) is 105 Å². The van der Waals surface area contributed by atoms with E-state index < -0.39 is 0 Å². The number of benzene rings is 1. The molecule has 1 heterocycles. The van der Waals surface area contributed by atoms with E-state index in [1.165, 1.54) is 12.8 Å². The molecule has 0 saturated heterocycles. The van der Waals surface area contributed by atoms with E-state index in [0.717, 1.165) is 18.5 Å². The summed E-state index contributed by atoms with van der Waals surface area (Å²) in [4.78, 5) is 19.2. The molecule has 8 heteroatoms. The summed E-state index contributed by atoms with van der Waals surface area (Å²) in [6, 6.07) is 7.54. The lowest BCUT2D eigenvalue weighted by Crippen LogP contribution is -2.17. The van der Waals surface area contributed by atoms with Crippen molar-refractivity contribution in [1.29, 1.82) is 0 Å². The molecule has 23 heavy (non-hydrogen) atoms. The second kappa shape index (κ2) is 6.78. The number of anilines is 4. The maximum Gasteiger partial charge on any atom is 0.241 e. The van der Waals surface area contributed by atoms with Crippen LogP contribution in [0.4, 0.5) is 29.0 Å². The SMILES string of the molecule is Nc1nc(Nc2cccc(Cl)c2)c(NC2CCCC2)nc1N=O. The second-order valence-electron chi connectivity index (χ2n) is 5.48. The largest absolute Gasteiger partial charge is 0.380 e. The molecule has 1 saturated carbocycles. The maximum absolute atomic E-state index is 10.8. The highest BCUT2D eigenvalue weighted by atomic mass is 35.5. The molecule has 7 nitrogen and oxygen atoms in total. The Hall–Kier alpha value is -2.41. The van der Waals surface area contributed by atoms with Crippen molar-refractivity contribution < 1.29 is 0 Å². The normalized spacial score (nSPS) is 14.7. The first-order valence-corrected chi connectivity index (χ1v) is 7.83. The molecule has 0 radical (unpaired) electrons. The van der Waals surface area contributed by atoms with Crippen LogP contribution >= 0.6 is 11.6 Å². The van der Waals surface area contributed by atoms with Crippen molar-refractivity contribution in [3.8, 4) is 0 Å². The Bertz CT molecular complexity index is 717. The first-order valence-electron chi connectivity index (χ1n) is 7.45. The standard InChI is InChI=1S/C15H17ClN6O/c16-9-4-3-7-11(8-9)19-14-15(18-10-5-1-2-6-10)21-13(22-23)12(17)20-14/h3-4,7-8,10H,1-2,5-6H2,(H,18,21)(H3,17,19,20). The molecule has 2 aromatic rings. The van der Waals surface area contributed by atoms with Gasteiger partial charge in [0.1, 0.15) is 0 Å². The third-order valence-electron chi connectivity index (χ3n) is 3.77. The van der Waals surface area contributed by atoms with Crippen LogP contribution in [0.25, 0.3) is 0 Å². The van der Waals surface area contributed by atoms with Crippen LogP contribution in [0.1, 0.15) is 25.7 Å². The number of hydrogen-bond acceptors (Lipinski definition) is 7. The van der Waals surface area contributed by atoms with Gasteiger partial charge < -0.3 is 16.4 Å². The molecule has 1 fully saturated rings. The number of nitrogens with one attached hydrogen (secondary N) is 2. The smallest absolute Gasteiger partial charge is 0.241 e. The summed E-state index contributed by atoms with van der Waals surface area (Å²) < 4.78 is 0. The molecule has 1 aromatic heterocycles. The minimum atomic E-state index is -0.109. The van der Waals surface area contributed by atoms with Crippen LogP contribution in [0.3, 0.4) is 0 Å². The molecular formula is C15H17ClN6O. The Kier molecular flexibility index (Phi) is 4.57. The third-order valence-corrected chi connectivity index (χ3v) is 4.01. The highest BCUT2D eigenvalue weighted by Gasteiger charge is 2.19. The molecule has 120 valence electrons. The molecule has 1 aliphatic carbocycles. The molecule has 1 aromatic carbocycles. The van der Waals surface area contributed by atoms with Gasteiger partial charge in [-0.25, -0.2) is 9.97 Å². The van der Waals surface area contributed by atoms with Gasteiger partial charge in [-0.1, -0.05) is 30.5 Å². The number of rotatable bonds is 5. The van der Waals surface area contributed by atoms with E-state index in [2.05, 4.69) is 25.8 Å². The number of halogens is 1. The minimum absolute atomic E-state index is 0.0125. The minimum Gasteiger partial charge on any atom is -0.380 e. The Balaban J connectivity index is 1.92. The number of nitrogen functional groups attached to an aromatic ring is 1. The Morgan fingerprint density at radius 2 is 2.00 bits per heavy atom. The van der Waals surface area contributed by atoms with E-state index in [4.69, 9.17) is 17.3 Å². The van der Waals surface area contributed by atoms with Crippen molar-refractivity contribution in [3.63, 3.8) is 0 Å². The van der Waals surface area contributed by atoms with Crippen molar-refractivity contribution >= 4 is 40.6 Å². The first kappa shape index (κ1) is 15.5. The zero-order valence-corrected chi connectivity index (χ0v) is 13.2. The quantitative estimate of drug-likeness (QED) is 0.708. The van der Waals surface area contributed by atoms with Crippen LogP contribution < -0.4 is 16.4 Å². The summed E-state index contributed by atoms with van der Waals surface area (Å²) in [6.45, 7) is 0. The number of aromatic nitrogens is 2. The molecule has 0 atom stereocenters. The lowest BCUT2D eigenvalue weighted by molar-refractivity contribution is 0.750. The van der Waals surface area contributed by atoms with Gasteiger partial charge in [-0.3, -0.25) is 0 Å². The van der Waals surface area contributed by atoms with E-state index >= 15 is 0 Å². The fraction of sp³-hybridized carbons (Fsp3) is 0.333. The van der Waals surface area contributed by atoms with Gasteiger partial charge in [0, 0.05) is 16.8 Å². The van der Waals surface area contributed by atoms with Gasteiger partial charge in [0.15, 0.2) is 17.5 Å². The second-order valence-corrected chi connectivity index (χ2v) is 5.92. The van der Waals surface area contributed by atoms with E-state index in [1.807, 2.05) is 12.1 Å². The van der Waals surface area contributed by atoms with Crippen LogP contribution in [0.2, 0.25) is 5.02 Å². The van der Waals surface area contributed by atoms with Crippen molar-refractivity contribution in [2.24, 2.45) is 5.18 Å². The molecule has 4 N–H and O–H groups in total. The monoisotopic (exact) mass is 332 g/mol. The van der Waals surface area contributed by atoms with Crippen molar-refractivity contribution in [3.05, 3.63) is 34.2 Å². The maximum atomic E-state index is 10.8. The lowest BCUT2D eigenvalue weighted by Gasteiger charge is -2.17. The Labute approximate surface area is 138 Å². The summed E-state index contributed by atoms with van der Waals surface area (Å²) in [5.41, 5.74) is 6.49. The average molecular weight is 333 g/mol. The van der Waals surface area contributed by atoms with Crippen LogP contribution in [-0.4, -0.2) is 16.0 Å². The van der Waals surface area contributed by atoms with E-state index in [9.17, 15) is 4.91 Å². The van der Waals surface area contributed by atoms with Gasteiger partial charge in [0.05, 0.1) is 0 Å². The van der Waals surface area contributed by atoms with Gasteiger partial charge >= 0.3 is 0 Å². The summed E-state index contributed by atoms with van der Waals surface area (Å²) in [6.07, 6.45) is 4.48. The first-order chi connectivity index (χ1) is 11.2. The molecule has 0 amide bonds. The zero-order valence-electron chi connectivity index (χ0n) is 12.4. The Morgan fingerprint density at radius 1 is 1.22 bits per heavy atom. The van der Waals surface area contributed by atoms with E-state index in [1.54, 1.807) is 12.1 Å². The number of nitrogens with two attached hydrogens (primary N) is 1. The van der Waals surface area contributed by atoms with Crippen LogP contribution in [0, 0.1) is 4.91 Å². The van der Waals surface area contributed by atoms with Crippen molar-refractivity contribution in [2.45, 2.75) is 31.7 Å². The van der Waals surface area contributed by atoms with Crippen LogP contribution in [0.15, 0.2) is 29.4 Å². The van der Waals surface area contributed by atoms with Crippen molar-refractivity contribution in [2.75, 3.05) is 16.4 Å². The molecule has 3 rings (SSSR count). The fourth-order valence-electron chi connectivity index (χ4n) is 2.66. The summed E-state index contributed by atoms with van der Waals surface area (Å²) in [7, 11) is 0. The molecule has 0 spiro atoms. The summed E-state index contributed by atoms with van der Waals surface area (Å²) in [5, 5.41) is 9.89. The third kappa shape index (κ3) is 3.68. The van der Waals surface area contributed by atoms with Crippen LogP contribution in [-0.2, 0) is 0 Å². The summed E-state index contributed by atoms with van der Waals surface area (Å²) >= 11 is 5.99. The lowest BCUT2D eigenvalue weighted by atomic mass is 10.2. The predicted molar refractivity (Wildman–Crippen MR) is 92.5 cm³/mol. The van der Waals surface area contributed by atoms with Crippen LogP contribution in [0.5, 0.6) is 0 Å². The number of hydrogen-bond donors (Lipinski definition) is 3. The predicted octanol–water partition coefficient (Wildman–Crippen LogP) is 4.21. The molecular weight excluding hydrogens is 316 g/mol. The highest BCUT2D eigenvalue weighted by Crippen LogP contribution is 2.31. The number of nitroso groups, excluding NO2 is 1. The van der Waals surface area contributed by atoms with Gasteiger partial charge in [-0.15, -0.1) is 4.91 Å². The highest BCUT2D eigenvalue weighted by molar-refractivity contribution is 6.30. The zero-order chi connectivity index (χ0) is 16.2. The fourth-order valence-corrected chi connectivity index (χ4v) is 2.85. The molecule has 0 aliphatic heterocycles. The summed E-state index contributed by atoms with van der Waals surface area (Å²) in [5.74, 6) is 0.799. The van der Waals surface area contributed by atoms with Gasteiger partial charge in [-0.2, -0.15) is 0 Å². The van der Waals surface area contributed by atoms with Crippen molar-refractivity contribution in [1.82, 2.24) is 9.97 Å². The number of nitrogens with zero attached hydrogens (tertiary/aromatic N) is 3. The van der Waals surface area contributed by atoms with Gasteiger partial charge in [0.2, 0.25) is 5.82 Å². The Morgan fingerprint density at radius 3 is 2.70 bits per heavy atom. The van der Waals surface area contributed by atoms with E-state index in [0.29, 0.717) is 22.7 Å². The van der Waals surface area contributed by atoms with Gasteiger partial charge in [0.25, 0.3) is 0 Å². The van der Waals surface area contributed by atoms with E-state index in [-0.39, 0.29) is 11.6 Å². The molecule has 0 bridgehead atoms. The van der Waals surface area contributed by atoms with Gasteiger partial charge in [-0.05, 0) is 36.2 Å². The molecule has 1 aliphatic rings. The average Bonchev–Trinajstić information content (AvgIpc) is 3.03.